The van der Waals surface area contributed by atoms with Crippen LogP contribution in [0, 0.1) is 5.92 Å². The highest BCUT2D eigenvalue weighted by Gasteiger charge is 2.44. The van der Waals surface area contributed by atoms with E-state index in [-0.39, 0.29) is 25.4 Å². The molecule has 1 fully saturated rings. The van der Waals surface area contributed by atoms with E-state index in [4.69, 9.17) is 5.11 Å². The van der Waals surface area contributed by atoms with Gasteiger partial charge in [-0.2, -0.15) is 0 Å². The number of hydrogen-bond donors (Lipinski definition) is 1. The molecule has 1 atom stereocenters. The van der Waals surface area contributed by atoms with Crippen LogP contribution in [0.3, 0.4) is 0 Å². The molecule has 0 aromatic carbocycles. The number of likely N-dealkylation sites (tertiary alicyclic amines) is 1. The Balaban J connectivity index is 2.63. The molecule has 1 aliphatic heterocycles. The van der Waals surface area contributed by atoms with E-state index in [0.717, 1.165) is 0 Å². The summed E-state index contributed by atoms with van der Waals surface area (Å²) in [6, 6.07) is 0. The molecule has 0 saturated carbocycles. The molecule has 0 aliphatic carbocycles. The highest BCUT2D eigenvalue weighted by molar-refractivity contribution is 5.73. The van der Waals surface area contributed by atoms with Gasteiger partial charge in [0.1, 0.15) is 0 Å². The first kappa shape index (κ1) is 10.4. The fourth-order valence-corrected chi connectivity index (χ4v) is 1.46. The quantitative estimate of drug-likeness (QED) is 0.658. The molecule has 0 aromatic heterocycles. The first-order valence-electron chi connectivity index (χ1n) is 4.21. The van der Waals surface area contributed by atoms with E-state index >= 15 is 0 Å². The summed E-state index contributed by atoms with van der Waals surface area (Å²) in [7, 11) is 0. The number of hydrogen-bond acceptors (Lipinski definition) is 2. The van der Waals surface area contributed by atoms with Crippen LogP contribution in [0.4, 0.5) is 8.78 Å². The van der Waals surface area contributed by atoms with Crippen LogP contribution >= 0.6 is 0 Å². The second kappa shape index (κ2) is 3.57. The molecule has 0 bridgehead atoms. The Morgan fingerprint density at radius 3 is 2.77 bits per heavy atom. The molecule has 76 valence electrons. The lowest BCUT2D eigenvalue weighted by Gasteiger charge is -2.36. The summed E-state index contributed by atoms with van der Waals surface area (Å²) < 4.78 is 26.0. The number of alkyl halides is 2. The summed E-state index contributed by atoms with van der Waals surface area (Å²) in [5.41, 5.74) is 0. The van der Waals surface area contributed by atoms with Gasteiger partial charge < -0.3 is 10.0 Å². The molecule has 0 spiro atoms. The van der Waals surface area contributed by atoms with Gasteiger partial charge >= 0.3 is 0 Å². The minimum Gasteiger partial charge on any atom is -0.396 e. The van der Waals surface area contributed by atoms with E-state index in [9.17, 15) is 13.6 Å². The number of nitrogens with zero attached hydrogens (tertiary/aromatic N) is 1. The first-order valence-corrected chi connectivity index (χ1v) is 4.21. The molecule has 0 radical (unpaired) electrons. The average molecular weight is 193 g/mol. The summed E-state index contributed by atoms with van der Waals surface area (Å²) in [6.07, 6.45) is -0.349. The molecule has 1 aliphatic rings. The van der Waals surface area contributed by atoms with Crippen LogP contribution in [0.1, 0.15) is 13.3 Å². The van der Waals surface area contributed by atoms with E-state index in [2.05, 4.69) is 0 Å². The van der Waals surface area contributed by atoms with Crippen molar-refractivity contribution in [2.45, 2.75) is 19.3 Å². The number of piperidine rings is 1. The van der Waals surface area contributed by atoms with E-state index in [0.29, 0.717) is 0 Å². The van der Waals surface area contributed by atoms with Gasteiger partial charge in [0.15, 0.2) is 0 Å². The van der Waals surface area contributed by atoms with Crippen molar-refractivity contribution in [3.8, 4) is 0 Å². The van der Waals surface area contributed by atoms with Crippen LogP contribution in [0.2, 0.25) is 0 Å². The fraction of sp³-hybridized carbons (Fsp3) is 0.875. The molecular formula is C8H13F2NO2. The summed E-state index contributed by atoms with van der Waals surface area (Å²) in [5.74, 6) is -4.15. The second-order valence-electron chi connectivity index (χ2n) is 3.36. The van der Waals surface area contributed by atoms with Crippen molar-refractivity contribution < 1.29 is 18.7 Å². The molecule has 1 rings (SSSR count). The molecule has 1 unspecified atom stereocenters. The van der Waals surface area contributed by atoms with Gasteiger partial charge in [-0.1, -0.05) is 0 Å². The molecule has 1 N–H and O–H groups in total. The SMILES string of the molecule is CC(=O)N1CCC(F)(F)C(CO)C1. The summed E-state index contributed by atoms with van der Waals surface area (Å²) in [6.45, 7) is 0.812. The van der Waals surface area contributed by atoms with E-state index in [1.165, 1.54) is 11.8 Å². The van der Waals surface area contributed by atoms with Crippen LogP contribution in [-0.2, 0) is 4.79 Å². The largest absolute Gasteiger partial charge is 0.396 e. The Kier molecular flexibility index (Phi) is 2.85. The maximum absolute atomic E-state index is 13.0. The molecule has 5 heteroatoms. The molecule has 3 nitrogen and oxygen atoms in total. The first-order chi connectivity index (χ1) is 5.97. The van der Waals surface area contributed by atoms with Crippen molar-refractivity contribution in [3.63, 3.8) is 0 Å². The lowest BCUT2D eigenvalue weighted by atomic mass is 9.94. The van der Waals surface area contributed by atoms with Gasteiger partial charge in [0.2, 0.25) is 5.91 Å². The lowest BCUT2D eigenvalue weighted by molar-refractivity contribution is -0.147. The topological polar surface area (TPSA) is 40.5 Å². The predicted molar refractivity (Wildman–Crippen MR) is 42.4 cm³/mol. The maximum atomic E-state index is 13.0. The third kappa shape index (κ3) is 2.15. The van der Waals surface area contributed by atoms with Crippen molar-refractivity contribution >= 4 is 5.91 Å². The van der Waals surface area contributed by atoms with Crippen LogP contribution in [0.25, 0.3) is 0 Å². The molecule has 0 aromatic rings. The molecule has 1 heterocycles. The predicted octanol–water partition coefficient (Wildman–Crippen LogP) is 0.482. The maximum Gasteiger partial charge on any atom is 0.256 e. The summed E-state index contributed by atoms with van der Waals surface area (Å²) in [5, 5.41) is 8.71. The zero-order chi connectivity index (χ0) is 10.1. The number of carbonyl (C=O) groups excluding carboxylic acids is 1. The van der Waals surface area contributed by atoms with Gasteiger partial charge in [0.05, 0.1) is 12.5 Å². The van der Waals surface area contributed by atoms with E-state index in [1.807, 2.05) is 0 Å². The lowest BCUT2D eigenvalue weighted by Crippen LogP contribution is -2.49. The average Bonchev–Trinajstić information content (AvgIpc) is 2.03. The van der Waals surface area contributed by atoms with Gasteiger partial charge in [-0.05, 0) is 0 Å². The minimum absolute atomic E-state index is 0.0428. The van der Waals surface area contributed by atoms with Crippen LogP contribution < -0.4 is 0 Å². The normalized spacial score (nSPS) is 27.4. The van der Waals surface area contributed by atoms with Crippen molar-refractivity contribution in [1.82, 2.24) is 4.90 Å². The number of carbonyl (C=O) groups is 1. The van der Waals surface area contributed by atoms with Gasteiger partial charge in [-0.15, -0.1) is 0 Å². The fourth-order valence-electron chi connectivity index (χ4n) is 1.46. The smallest absolute Gasteiger partial charge is 0.256 e. The summed E-state index contributed by atoms with van der Waals surface area (Å²) >= 11 is 0. The Hall–Kier alpha value is -0.710. The highest BCUT2D eigenvalue weighted by Crippen LogP contribution is 2.32. The minimum atomic E-state index is -2.83. The monoisotopic (exact) mass is 193 g/mol. The Labute approximate surface area is 75.3 Å². The number of aliphatic hydroxyl groups is 1. The van der Waals surface area contributed by atoms with Gasteiger partial charge in [0, 0.05) is 26.4 Å². The van der Waals surface area contributed by atoms with Crippen LogP contribution in [0.5, 0.6) is 0 Å². The number of rotatable bonds is 1. The molecule has 1 saturated heterocycles. The molecular weight excluding hydrogens is 180 g/mol. The van der Waals surface area contributed by atoms with Crippen molar-refractivity contribution in [2.24, 2.45) is 5.92 Å². The summed E-state index contributed by atoms with van der Waals surface area (Å²) in [4.78, 5) is 12.2. The van der Waals surface area contributed by atoms with Crippen molar-refractivity contribution in [3.05, 3.63) is 0 Å². The van der Waals surface area contributed by atoms with Gasteiger partial charge in [0.25, 0.3) is 5.92 Å². The van der Waals surface area contributed by atoms with Gasteiger partial charge in [-0.3, -0.25) is 4.79 Å². The number of amides is 1. The zero-order valence-electron chi connectivity index (χ0n) is 7.46. The van der Waals surface area contributed by atoms with Gasteiger partial charge in [-0.25, -0.2) is 8.78 Å². The number of halogens is 2. The standard InChI is InChI=1S/C8H13F2NO2/c1-6(13)11-3-2-8(9,10)7(4-11)5-12/h7,12H,2-5H2,1H3. The third-order valence-corrected chi connectivity index (χ3v) is 2.42. The third-order valence-electron chi connectivity index (χ3n) is 2.42. The van der Waals surface area contributed by atoms with Crippen molar-refractivity contribution in [1.29, 1.82) is 0 Å². The van der Waals surface area contributed by atoms with E-state index in [1.54, 1.807) is 0 Å². The highest BCUT2D eigenvalue weighted by atomic mass is 19.3. The van der Waals surface area contributed by atoms with Crippen LogP contribution in [-0.4, -0.2) is 41.5 Å². The Morgan fingerprint density at radius 2 is 2.31 bits per heavy atom. The second-order valence-corrected chi connectivity index (χ2v) is 3.36. The Bertz CT molecular complexity index is 208. The zero-order valence-corrected chi connectivity index (χ0v) is 7.46. The molecule has 1 amide bonds. The number of aliphatic hydroxyl groups excluding tert-OH is 1. The molecule has 13 heavy (non-hydrogen) atoms. The van der Waals surface area contributed by atoms with Crippen molar-refractivity contribution in [2.75, 3.05) is 19.7 Å². The van der Waals surface area contributed by atoms with E-state index < -0.39 is 18.4 Å². The van der Waals surface area contributed by atoms with Crippen LogP contribution in [0.15, 0.2) is 0 Å². The Morgan fingerprint density at radius 1 is 1.69 bits per heavy atom.